The first-order valence-electron chi connectivity index (χ1n) is 13.0. The third-order valence-corrected chi connectivity index (χ3v) is 11.8. The van der Waals surface area contributed by atoms with Crippen LogP contribution in [0.3, 0.4) is 0 Å². The average Bonchev–Trinajstić information content (AvgIpc) is 3.09. The Morgan fingerprint density at radius 2 is 1.94 bits per heavy atom. The van der Waals surface area contributed by atoms with Crippen LogP contribution >= 0.6 is 11.8 Å². The fraction of sp³-hybridized carbons (Fsp3) is 0.852. The van der Waals surface area contributed by atoms with Crippen molar-refractivity contribution < 1.29 is 9.90 Å². The zero-order chi connectivity index (χ0) is 22.4. The Hall–Kier alpha value is -0.810. The van der Waals surface area contributed by atoms with E-state index in [-0.39, 0.29) is 11.3 Å². The lowest BCUT2D eigenvalue weighted by Gasteiger charge is -2.58. The molecule has 0 saturated heterocycles. The predicted octanol–water partition coefficient (Wildman–Crippen LogP) is 5.30. The number of aromatic nitrogens is 2. The molecule has 5 aliphatic carbocycles. The Kier molecular flexibility index (Phi) is 4.98. The molecule has 5 fully saturated rings. The molecule has 1 aromatic rings. The molecule has 6 rings (SSSR count). The molecular weight excluding hydrogens is 416 g/mol. The number of carbonyl (C=O) groups excluding carboxylic acids is 1. The molecule has 0 amide bonds. The van der Waals surface area contributed by atoms with Gasteiger partial charge in [0.25, 0.3) is 0 Å². The van der Waals surface area contributed by atoms with E-state index in [1.807, 2.05) is 17.1 Å². The van der Waals surface area contributed by atoms with Gasteiger partial charge in [0.15, 0.2) is 5.78 Å². The highest BCUT2D eigenvalue weighted by Gasteiger charge is 2.73. The van der Waals surface area contributed by atoms with E-state index < -0.39 is 5.60 Å². The van der Waals surface area contributed by atoms with Gasteiger partial charge in [0.2, 0.25) is 0 Å². The Morgan fingerprint density at radius 3 is 2.69 bits per heavy atom. The summed E-state index contributed by atoms with van der Waals surface area (Å²) in [5.41, 5.74) is -0.261. The van der Waals surface area contributed by atoms with Crippen LogP contribution in [-0.2, 0) is 11.3 Å². The van der Waals surface area contributed by atoms with Crippen molar-refractivity contribution in [2.75, 3.05) is 6.26 Å². The summed E-state index contributed by atoms with van der Waals surface area (Å²) in [6, 6.07) is 0. The minimum atomic E-state index is -0.444. The lowest BCUT2D eigenvalue weighted by atomic mass is 9.47. The number of fused-ring (bicyclic) bond motifs is 7. The molecule has 176 valence electrons. The van der Waals surface area contributed by atoms with E-state index in [9.17, 15) is 9.90 Å². The van der Waals surface area contributed by atoms with Crippen LogP contribution in [0.4, 0.5) is 0 Å². The van der Waals surface area contributed by atoms with E-state index >= 15 is 0 Å². The quantitative estimate of drug-likeness (QED) is 0.625. The van der Waals surface area contributed by atoms with Crippen LogP contribution in [0.5, 0.6) is 0 Å². The molecule has 11 atom stereocenters. The van der Waals surface area contributed by atoms with Crippen LogP contribution in [0.25, 0.3) is 0 Å². The minimum absolute atomic E-state index is 0.183. The van der Waals surface area contributed by atoms with E-state index in [0.717, 1.165) is 53.2 Å². The highest BCUT2D eigenvalue weighted by molar-refractivity contribution is 7.98. The van der Waals surface area contributed by atoms with Crippen LogP contribution in [0.1, 0.15) is 65.7 Å². The predicted molar refractivity (Wildman–Crippen MR) is 127 cm³/mol. The van der Waals surface area contributed by atoms with Gasteiger partial charge in [-0.2, -0.15) is 5.10 Å². The number of Topliss-reactive ketones (excluding diaryl/α,β-unsaturated/α-hetero) is 1. The first-order valence-corrected chi connectivity index (χ1v) is 14.3. The van der Waals surface area contributed by atoms with Gasteiger partial charge in [-0.3, -0.25) is 9.48 Å². The van der Waals surface area contributed by atoms with Gasteiger partial charge in [-0.05, 0) is 111 Å². The van der Waals surface area contributed by atoms with Gasteiger partial charge in [-0.15, -0.1) is 11.8 Å². The number of thioether (sulfide) groups is 1. The molecule has 32 heavy (non-hydrogen) atoms. The monoisotopic (exact) mass is 456 g/mol. The third kappa shape index (κ3) is 3.12. The van der Waals surface area contributed by atoms with E-state index in [0.29, 0.717) is 24.2 Å². The van der Waals surface area contributed by atoms with Gasteiger partial charge in [0.1, 0.15) is 0 Å². The number of rotatable bonds is 4. The molecule has 0 unspecified atom stereocenters. The van der Waals surface area contributed by atoms with Crippen LogP contribution in [0.15, 0.2) is 17.3 Å². The molecule has 1 heterocycles. The normalized spacial score (nSPS) is 51.3. The maximum Gasteiger partial charge on any atom is 0.158 e. The second-order valence-electron chi connectivity index (χ2n) is 12.7. The van der Waals surface area contributed by atoms with Gasteiger partial charge < -0.3 is 5.11 Å². The molecule has 0 bridgehead atoms. The smallest absolute Gasteiger partial charge is 0.158 e. The largest absolute Gasteiger partial charge is 0.390 e. The second kappa shape index (κ2) is 7.34. The van der Waals surface area contributed by atoms with Crippen molar-refractivity contribution in [1.82, 2.24) is 9.78 Å². The molecule has 0 spiro atoms. The number of hydrogen-bond donors (Lipinski definition) is 1. The summed E-state index contributed by atoms with van der Waals surface area (Å²) in [4.78, 5) is 14.9. The number of ketones is 1. The van der Waals surface area contributed by atoms with Gasteiger partial charge in [-0.1, -0.05) is 13.8 Å². The molecule has 5 saturated carbocycles. The first-order chi connectivity index (χ1) is 15.2. The van der Waals surface area contributed by atoms with Crippen molar-refractivity contribution >= 4 is 17.5 Å². The molecular formula is C27H40N2O2S. The third-order valence-electron chi connectivity index (χ3n) is 11.1. The van der Waals surface area contributed by atoms with Crippen molar-refractivity contribution in [3.63, 3.8) is 0 Å². The van der Waals surface area contributed by atoms with Gasteiger partial charge in [0.05, 0.1) is 18.3 Å². The van der Waals surface area contributed by atoms with E-state index in [1.165, 1.54) is 32.1 Å². The van der Waals surface area contributed by atoms with Crippen molar-refractivity contribution in [1.29, 1.82) is 0 Å². The molecule has 1 N–H and O–H groups in total. The highest BCUT2D eigenvalue weighted by Crippen LogP contribution is 2.76. The summed E-state index contributed by atoms with van der Waals surface area (Å²) in [6.45, 7) is 7.40. The molecule has 0 aromatic carbocycles. The Labute approximate surface area is 197 Å². The molecule has 0 aliphatic heterocycles. The fourth-order valence-electron chi connectivity index (χ4n) is 9.88. The number of aliphatic hydroxyl groups is 1. The van der Waals surface area contributed by atoms with E-state index in [4.69, 9.17) is 0 Å². The lowest BCUT2D eigenvalue weighted by Crippen LogP contribution is -2.52. The summed E-state index contributed by atoms with van der Waals surface area (Å²) < 4.78 is 1.87. The van der Waals surface area contributed by atoms with Crippen molar-refractivity contribution in [2.24, 2.45) is 58.7 Å². The zero-order valence-corrected chi connectivity index (χ0v) is 21.0. The Morgan fingerprint density at radius 1 is 1.16 bits per heavy atom. The summed E-state index contributed by atoms with van der Waals surface area (Å²) in [5, 5.41) is 15.1. The molecule has 5 aliphatic rings. The zero-order valence-electron chi connectivity index (χ0n) is 20.2. The fourth-order valence-corrected chi connectivity index (χ4v) is 10.3. The molecule has 4 nitrogen and oxygen atoms in total. The SMILES string of the molecule is CSc1cnn(CC(=O)[C@H]2[C@H]3[C@@H](C)[C@H]3[C@H]3[C@@H]4CC[C@@H]5C[C@](C)(O)CC[C@@H]5[C@H]4CC[C@@]32C)c1. The Balaban J connectivity index is 1.24. The topological polar surface area (TPSA) is 55.1 Å². The van der Waals surface area contributed by atoms with Gasteiger partial charge >= 0.3 is 0 Å². The Bertz CT molecular complexity index is 911. The van der Waals surface area contributed by atoms with Crippen LogP contribution in [0.2, 0.25) is 0 Å². The van der Waals surface area contributed by atoms with Gasteiger partial charge in [0, 0.05) is 17.0 Å². The average molecular weight is 457 g/mol. The van der Waals surface area contributed by atoms with E-state index in [2.05, 4.69) is 32.1 Å². The number of nitrogens with zero attached hydrogens (tertiary/aromatic N) is 2. The van der Waals surface area contributed by atoms with Crippen molar-refractivity contribution in [3.05, 3.63) is 12.4 Å². The first kappa shape index (κ1) is 21.7. The number of carbonyl (C=O) groups is 1. The number of hydrogen-bond acceptors (Lipinski definition) is 4. The standard InChI is InChI=1S/C27H40N2O2S/c1-15-22-23(15)25(21(30)14-29-13-17(32-4)12-28-29)27(3)10-8-19-18-7-9-26(2,31)11-16(18)5-6-20(19)24(22)27/h12-13,15-16,18-20,22-25,31H,5-11,14H2,1-4H3/t15-,16+,18-,19+,20+,22+,23-,24+,25-,26+,27-/m0/s1. The van der Waals surface area contributed by atoms with Crippen LogP contribution < -0.4 is 0 Å². The van der Waals surface area contributed by atoms with Crippen LogP contribution in [0, 0.1) is 58.7 Å². The molecule has 1 aromatic heterocycles. The van der Waals surface area contributed by atoms with Crippen LogP contribution in [-0.4, -0.2) is 32.5 Å². The summed E-state index contributed by atoms with van der Waals surface area (Å²) in [6.07, 6.45) is 14.3. The van der Waals surface area contributed by atoms with Crippen molar-refractivity contribution in [3.8, 4) is 0 Å². The highest BCUT2D eigenvalue weighted by atomic mass is 32.2. The summed E-state index contributed by atoms with van der Waals surface area (Å²) >= 11 is 1.69. The maximum atomic E-state index is 13.7. The summed E-state index contributed by atoms with van der Waals surface area (Å²) in [7, 11) is 0. The van der Waals surface area contributed by atoms with E-state index in [1.54, 1.807) is 11.8 Å². The van der Waals surface area contributed by atoms with Gasteiger partial charge in [-0.25, -0.2) is 0 Å². The minimum Gasteiger partial charge on any atom is -0.390 e. The lowest BCUT2D eigenvalue weighted by molar-refractivity contribution is -0.137. The molecule has 0 radical (unpaired) electrons. The molecule has 5 heteroatoms. The maximum absolute atomic E-state index is 13.7. The second-order valence-corrected chi connectivity index (χ2v) is 13.6. The van der Waals surface area contributed by atoms with Crippen molar-refractivity contribution in [2.45, 2.75) is 82.8 Å². The summed E-state index contributed by atoms with van der Waals surface area (Å²) in [5.74, 6) is 6.66.